The maximum atomic E-state index is 5.06. The van der Waals surface area contributed by atoms with E-state index in [1.807, 2.05) is 19.1 Å². The molecular formula is C17H24N4O. The number of rotatable bonds is 4. The van der Waals surface area contributed by atoms with Crippen molar-refractivity contribution in [3.8, 4) is 11.4 Å². The van der Waals surface area contributed by atoms with E-state index in [1.165, 1.54) is 13.0 Å². The van der Waals surface area contributed by atoms with Gasteiger partial charge in [0.1, 0.15) is 0 Å². The van der Waals surface area contributed by atoms with E-state index in [0.29, 0.717) is 23.7 Å². The minimum absolute atomic E-state index is 0.519. The standard InChI is InChI=1S/C17H24N4O/c1-4-21-9-8-16(12(2)11-21)19-15-7-5-6-14(10-15)17-18-13(3)22-20-17/h5-7,10,12,16,19H,4,8-9,11H2,1-3H3. The van der Waals surface area contributed by atoms with Gasteiger partial charge in [-0.3, -0.25) is 0 Å². The van der Waals surface area contributed by atoms with Gasteiger partial charge in [-0.1, -0.05) is 31.1 Å². The summed E-state index contributed by atoms with van der Waals surface area (Å²) < 4.78 is 5.06. The van der Waals surface area contributed by atoms with Gasteiger partial charge in [-0.05, 0) is 31.0 Å². The Morgan fingerprint density at radius 2 is 2.27 bits per heavy atom. The molecule has 1 saturated heterocycles. The Labute approximate surface area is 131 Å². The van der Waals surface area contributed by atoms with Gasteiger partial charge in [-0.15, -0.1) is 0 Å². The van der Waals surface area contributed by atoms with E-state index in [1.54, 1.807) is 0 Å². The highest BCUT2D eigenvalue weighted by molar-refractivity contribution is 5.62. The van der Waals surface area contributed by atoms with Crippen molar-refractivity contribution in [3.63, 3.8) is 0 Å². The van der Waals surface area contributed by atoms with Crippen LogP contribution in [0.1, 0.15) is 26.2 Å². The summed E-state index contributed by atoms with van der Waals surface area (Å²) in [6, 6.07) is 8.77. The van der Waals surface area contributed by atoms with Crippen molar-refractivity contribution >= 4 is 5.69 Å². The van der Waals surface area contributed by atoms with Crippen LogP contribution in [0.3, 0.4) is 0 Å². The number of hydrogen-bond donors (Lipinski definition) is 1. The number of hydrogen-bond acceptors (Lipinski definition) is 5. The van der Waals surface area contributed by atoms with Crippen LogP contribution in [0.25, 0.3) is 11.4 Å². The Hall–Kier alpha value is -1.88. The molecule has 2 unspecified atom stereocenters. The molecule has 0 amide bonds. The molecule has 22 heavy (non-hydrogen) atoms. The zero-order valence-corrected chi connectivity index (χ0v) is 13.5. The van der Waals surface area contributed by atoms with Gasteiger partial charge in [0, 0.05) is 37.3 Å². The van der Waals surface area contributed by atoms with E-state index in [2.05, 4.69) is 46.3 Å². The van der Waals surface area contributed by atoms with Crippen molar-refractivity contribution < 1.29 is 4.52 Å². The van der Waals surface area contributed by atoms with Gasteiger partial charge < -0.3 is 14.7 Å². The molecular weight excluding hydrogens is 276 g/mol. The zero-order valence-electron chi connectivity index (χ0n) is 13.5. The second kappa shape index (κ2) is 6.48. The van der Waals surface area contributed by atoms with Gasteiger partial charge in [-0.25, -0.2) is 0 Å². The second-order valence-electron chi connectivity index (χ2n) is 6.13. The number of nitrogens with one attached hydrogen (secondary N) is 1. The molecule has 0 saturated carbocycles. The summed E-state index contributed by atoms with van der Waals surface area (Å²) in [6.45, 7) is 9.84. The quantitative estimate of drug-likeness (QED) is 0.940. The molecule has 5 heteroatoms. The van der Waals surface area contributed by atoms with E-state index in [-0.39, 0.29) is 0 Å². The SMILES string of the molecule is CCN1CCC(Nc2cccc(-c3noc(C)n3)c2)C(C)C1. The van der Waals surface area contributed by atoms with Gasteiger partial charge in [0.2, 0.25) is 11.7 Å². The van der Waals surface area contributed by atoms with Crippen molar-refractivity contribution in [3.05, 3.63) is 30.2 Å². The summed E-state index contributed by atoms with van der Waals surface area (Å²) in [7, 11) is 0. The predicted octanol–water partition coefficient (Wildman–Crippen LogP) is 3.19. The molecule has 0 radical (unpaired) electrons. The molecule has 1 aliphatic heterocycles. The molecule has 3 rings (SSSR count). The molecule has 0 bridgehead atoms. The van der Waals surface area contributed by atoms with Crippen LogP contribution in [0.15, 0.2) is 28.8 Å². The van der Waals surface area contributed by atoms with E-state index in [0.717, 1.165) is 24.3 Å². The maximum Gasteiger partial charge on any atom is 0.223 e. The monoisotopic (exact) mass is 300 g/mol. The number of likely N-dealkylation sites (tertiary alicyclic amines) is 1. The Morgan fingerprint density at radius 3 is 2.95 bits per heavy atom. The van der Waals surface area contributed by atoms with Gasteiger partial charge >= 0.3 is 0 Å². The van der Waals surface area contributed by atoms with E-state index in [4.69, 9.17) is 4.52 Å². The molecule has 118 valence electrons. The van der Waals surface area contributed by atoms with E-state index in [9.17, 15) is 0 Å². The first kappa shape index (κ1) is 15.0. The Balaban J connectivity index is 1.71. The van der Waals surface area contributed by atoms with Crippen molar-refractivity contribution in [2.45, 2.75) is 33.2 Å². The summed E-state index contributed by atoms with van der Waals surface area (Å²) in [6.07, 6.45) is 1.18. The highest BCUT2D eigenvalue weighted by Gasteiger charge is 2.25. The van der Waals surface area contributed by atoms with Crippen molar-refractivity contribution in [2.24, 2.45) is 5.92 Å². The van der Waals surface area contributed by atoms with Crippen LogP contribution in [0.5, 0.6) is 0 Å². The average molecular weight is 300 g/mol. The Morgan fingerprint density at radius 1 is 1.41 bits per heavy atom. The third-order valence-electron chi connectivity index (χ3n) is 4.44. The summed E-state index contributed by atoms with van der Waals surface area (Å²) in [5.41, 5.74) is 2.11. The number of piperidine rings is 1. The fraction of sp³-hybridized carbons (Fsp3) is 0.529. The first-order valence-corrected chi connectivity index (χ1v) is 8.05. The Bertz CT molecular complexity index is 625. The van der Waals surface area contributed by atoms with Gasteiger partial charge in [0.05, 0.1) is 0 Å². The van der Waals surface area contributed by atoms with Crippen LogP contribution < -0.4 is 5.32 Å². The van der Waals surface area contributed by atoms with Crippen LogP contribution >= 0.6 is 0 Å². The minimum atomic E-state index is 0.519. The van der Waals surface area contributed by atoms with Crippen LogP contribution in [0, 0.1) is 12.8 Å². The number of aromatic nitrogens is 2. The lowest BCUT2D eigenvalue weighted by Gasteiger charge is -2.37. The number of benzene rings is 1. The van der Waals surface area contributed by atoms with Crippen LogP contribution in [0.4, 0.5) is 5.69 Å². The lowest BCUT2D eigenvalue weighted by Crippen LogP contribution is -2.44. The summed E-state index contributed by atoms with van der Waals surface area (Å²) >= 11 is 0. The maximum absolute atomic E-state index is 5.06. The summed E-state index contributed by atoms with van der Waals surface area (Å²) in [5.74, 6) is 1.88. The number of anilines is 1. The number of nitrogens with zero attached hydrogens (tertiary/aromatic N) is 3. The van der Waals surface area contributed by atoms with Crippen LogP contribution in [-0.4, -0.2) is 40.7 Å². The van der Waals surface area contributed by atoms with E-state index < -0.39 is 0 Å². The van der Waals surface area contributed by atoms with Crippen LogP contribution in [-0.2, 0) is 0 Å². The third kappa shape index (κ3) is 3.30. The van der Waals surface area contributed by atoms with Crippen molar-refractivity contribution in [1.29, 1.82) is 0 Å². The molecule has 5 nitrogen and oxygen atoms in total. The summed E-state index contributed by atoms with van der Waals surface area (Å²) in [5, 5.41) is 7.67. The fourth-order valence-electron chi connectivity index (χ4n) is 3.11. The fourth-order valence-corrected chi connectivity index (χ4v) is 3.11. The largest absolute Gasteiger partial charge is 0.382 e. The molecule has 2 atom stereocenters. The molecule has 1 aromatic heterocycles. The molecule has 1 aliphatic rings. The molecule has 1 aromatic carbocycles. The first-order chi connectivity index (χ1) is 10.7. The smallest absolute Gasteiger partial charge is 0.223 e. The number of aryl methyl sites for hydroxylation is 1. The summed E-state index contributed by atoms with van der Waals surface area (Å²) in [4.78, 5) is 6.81. The van der Waals surface area contributed by atoms with E-state index >= 15 is 0 Å². The minimum Gasteiger partial charge on any atom is -0.382 e. The van der Waals surface area contributed by atoms with Gasteiger partial charge in [0.25, 0.3) is 0 Å². The molecule has 1 fully saturated rings. The predicted molar refractivity (Wildman–Crippen MR) is 87.8 cm³/mol. The van der Waals surface area contributed by atoms with Gasteiger partial charge in [-0.2, -0.15) is 4.98 Å². The lowest BCUT2D eigenvalue weighted by atomic mass is 9.93. The highest BCUT2D eigenvalue weighted by atomic mass is 16.5. The topological polar surface area (TPSA) is 54.2 Å². The zero-order chi connectivity index (χ0) is 15.5. The van der Waals surface area contributed by atoms with Crippen molar-refractivity contribution in [2.75, 3.05) is 25.0 Å². The molecule has 1 N–H and O–H groups in total. The van der Waals surface area contributed by atoms with Gasteiger partial charge in [0.15, 0.2) is 0 Å². The third-order valence-corrected chi connectivity index (χ3v) is 4.44. The average Bonchev–Trinajstić information content (AvgIpc) is 2.96. The molecule has 2 aromatic rings. The molecule has 0 spiro atoms. The van der Waals surface area contributed by atoms with Crippen molar-refractivity contribution in [1.82, 2.24) is 15.0 Å². The lowest BCUT2D eigenvalue weighted by molar-refractivity contribution is 0.179. The normalized spacial score (nSPS) is 22.7. The Kier molecular flexibility index (Phi) is 4.43. The second-order valence-corrected chi connectivity index (χ2v) is 6.13. The molecule has 2 heterocycles. The molecule has 0 aliphatic carbocycles. The first-order valence-electron chi connectivity index (χ1n) is 8.05. The highest BCUT2D eigenvalue weighted by Crippen LogP contribution is 2.24. The van der Waals surface area contributed by atoms with Crippen LogP contribution in [0.2, 0.25) is 0 Å².